The number of rotatable bonds is 1. The lowest BCUT2D eigenvalue weighted by Gasteiger charge is -2.28. The van der Waals surface area contributed by atoms with Crippen LogP contribution in [0.15, 0.2) is 16.7 Å². The fourth-order valence-electron chi connectivity index (χ4n) is 1.97. The summed E-state index contributed by atoms with van der Waals surface area (Å²) in [5.74, 6) is -0.291. The molecule has 0 saturated carbocycles. The highest BCUT2D eigenvalue weighted by atomic mass is 79.9. The van der Waals surface area contributed by atoms with Gasteiger partial charge in [-0.25, -0.2) is 4.98 Å². The fraction of sp³-hybridized carbons (Fsp3) is 0.545. The maximum absolute atomic E-state index is 13.7. The van der Waals surface area contributed by atoms with Gasteiger partial charge in [-0.3, -0.25) is 4.84 Å². The quantitative estimate of drug-likeness (QED) is 0.807. The first-order valence-corrected chi connectivity index (χ1v) is 5.99. The molecule has 0 radical (unpaired) electrons. The Bertz CT molecular complexity index is 415. The number of nitrogens with zero attached hydrogens (tertiary/aromatic N) is 1. The predicted octanol–water partition coefficient (Wildman–Crippen LogP) is 2.76. The maximum atomic E-state index is 13.7. The van der Waals surface area contributed by atoms with Gasteiger partial charge >= 0.3 is 0 Å². The van der Waals surface area contributed by atoms with Crippen molar-refractivity contribution in [2.45, 2.75) is 32.4 Å². The van der Waals surface area contributed by atoms with Crippen molar-refractivity contribution in [1.82, 2.24) is 10.5 Å². The van der Waals surface area contributed by atoms with Crippen molar-refractivity contribution in [1.29, 1.82) is 0 Å². The average molecular weight is 289 g/mol. The Kier molecular flexibility index (Phi) is 3.03. The lowest BCUT2D eigenvalue weighted by atomic mass is 9.80. The molecule has 0 aliphatic carbocycles. The average Bonchev–Trinajstić information content (AvgIpc) is 2.51. The summed E-state index contributed by atoms with van der Waals surface area (Å²) in [6, 6.07) is 1.74. The maximum Gasteiger partial charge on any atom is 0.218 e. The van der Waals surface area contributed by atoms with E-state index in [9.17, 15) is 4.39 Å². The highest BCUT2D eigenvalue weighted by molar-refractivity contribution is 9.10. The van der Waals surface area contributed by atoms with E-state index in [-0.39, 0.29) is 12.0 Å². The number of hydrogen-bond acceptors (Lipinski definition) is 3. The molecule has 0 bridgehead atoms. The first-order chi connectivity index (χ1) is 7.45. The van der Waals surface area contributed by atoms with Gasteiger partial charge in [-0.05, 0) is 35.8 Å². The second kappa shape index (κ2) is 4.05. The molecule has 1 aromatic rings. The van der Waals surface area contributed by atoms with E-state index in [1.165, 1.54) is 6.20 Å². The Hall–Kier alpha value is -0.520. The van der Waals surface area contributed by atoms with Crippen LogP contribution >= 0.6 is 15.9 Å². The monoisotopic (exact) mass is 288 g/mol. The van der Waals surface area contributed by atoms with E-state index in [0.29, 0.717) is 5.56 Å². The minimum absolute atomic E-state index is 0.0448. The van der Waals surface area contributed by atoms with Gasteiger partial charge in [0, 0.05) is 22.2 Å². The van der Waals surface area contributed by atoms with E-state index < -0.39 is 11.5 Å². The molecule has 88 valence electrons. The number of pyridine rings is 1. The van der Waals surface area contributed by atoms with Crippen molar-refractivity contribution in [3.05, 3.63) is 28.2 Å². The van der Waals surface area contributed by atoms with Crippen molar-refractivity contribution in [3.63, 3.8) is 0 Å². The van der Waals surface area contributed by atoms with Crippen LogP contribution in [0.1, 0.15) is 26.3 Å². The summed E-state index contributed by atoms with van der Waals surface area (Å²) in [5, 5.41) is 0. The molecule has 2 heterocycles. The first kappa shape index (κ1) is 12.0. The smallest absolute Gasteiger partial charge is 0.218 e. The van der Waals surface area contributed by atoms with Crippen LogP contribution in [0.4, 0.5) is 4.39 Å². The fourth-order valence-corrected chi connectivity index (χ4v) is 2.30. The lowest BCUT2D eigenvalue weighted by Crippen LogP contribution is -2.39. The van der Waals surface area contributed by atoms with Crippen LogP contribution in [0.3, 0.4) is 0 Å². The van der Waals surface area contributed by atoms with Gasteiger partial charge in [0.05, 0.1) is 11.6 Å². The first-order valence-electron chi connectivity index (χ1n) is 5.19. The van der Waals surface area contributed by atoms with Crippen LogP contribution in [0, 0.1) is 11.9 Å². The number of hydroxylamine groups is 1. The largest absolute Gasteiger partial charge is 0.298 e. The van der Waals surface area contributed by atoms with Gasteiger partial charge in [-0.1, -0.05) is 6.92 Å². The molecule has 1 fully saturated rings. The van der Waals surface area contributed by atoms with Crippen LogP contribution < -0.4 is 5.48 Å². The van der Waals surface area contributed by atoms with Gasteiger partial charge in [-0.2, -0.15) is 9.87 Å². The van der Waals surface area contributed by atoms with Crippen LogP contribution in [-0.4, -0.2) is 11.1 Å². The number of aromatic nitrogens is 1. The van der Waals surface area contributed by atoms with Gasteiger partial charge in [0.15, 0.2) is 0 Å². The topological polar surface area (TPSA) is 34.1 Å². The second-order valence-electron chi connectivity index (χ2n) is 4.41. The SMILES string of the molecule is CC1ON[C@@](C)(c2cc(Br)cnc2F)[C@@H]1C. The summed E-state index contributed by atoms with van der Waals surface area (Å²) in [4.78, 5) is 9.09. The zero-order valence-corrected chi connectivity index (χ0v) is 11.0. The molecule has 1 aliphatic heterocycles. The van der Waals surface area contributed by atoms with Crippen molar-refractivity contribution < 1.29 is 9.23 Å². The second-order valence-corrected chi connectivity index (χ2v) is 5.32. The molecule has 3 atom stereocenters. The van der Waals surface area contributed by atoms with Gasteiger partial charge in [-0.15, -0.1) is 0 Å². The standard InChI is InChI=1S/C11H14BrFN2O/c1-6-7(2)16-15-11(6,3)9-4-8(12)5-14-10(9)13/h4-7,15H,1-3H3/t6-,7?,11-/m1/s1. The molecule has 5 heteroatoms. The highest BCUT2D eigenvalue weighted by Crippen LogP contribution is 2.38. The van der Waals surface area contributed by atoms with E-state index in [1.54, 1.807) is 6.07 Å². The molecule has 1 N–H and O–H groups in total. The molecule has 16 heavy (non-hydrogen) atoms. The summed E-state index contributed by atoms with van der Waals surface area (Å²) in [6.45, 7) is 5.92. The molecule has 1 aromatic heterocycles. The Morgan fingerprint density at radius 2 is 2.25 bits per heavy atom. The third-order valence-electron chi connectivity index (χ3n) is 3.44. The molecule has 1 unspecified atom stereocenters. The molecule has 2 rings (SSSR count). The summed E-state index contributed by atoms with van der Waals surface area (Å²) in [5.41, 5.74) is 2.90. The van der Waals surface area contributed by atoms with Gasteiger partial charge in [0.2, 0.25) is 5.95 Å². The summed E-state index contributed by atoms with van der Waals surface area (Å²) in [7, 11) is 0. The summed E-state index contributed by atoms with van der Waals surface area (Å²) >= 11 is 3.30. The zero-order valence-electron chi connectivity index (χ0n) is 9.42. The zero-order chi connectivity index (χ0) is 11.9. The Morgan fingerprint density at radius 1 is 1.56 bits per heavy atom. The lowest BCUT2D eigenvalue weighted by molar-refractivity contribution is 0.0194. The number of nitrogens with one attached hydrogen (secondary N) is 1. The van der Waals surface area contributed by atoms with Crippen LogP contribution in [0.25, 0.3) is 0 Å². The molecule has 1 aliphatic rings. The molecule has 0 amide bonds. The van der Waals surface area contributed by atoms with Crippen molar-refractivity contribution in [3.8, 4) is 0 Å². The Balaban J connectivity index is 2.47. The van der Waals surface area contributed by atoms with Gasteiger partial charge in [0.1, 0.15) is 0 Å². The van der Waals surface area contributed by atoms with E-state index in [1.807, 2.05) is 20.8 Å². The Morgan fingerprint density at radius 3 is 2.81 bits per heavy atom. The summed E-state index contributed by atoms with van der Waals surface area (Å²) in [6.07, 6.45) is 1.50. The molecule has 0 spiro atoms. The van der Waals surface area contributed by atoms with E-state index >= 15 is 0 Å². The van der Waals surface area contributed by atoms with Crippen molar-refractivity contribution >= 4 is 15.9 Å². The molecule has 0 aromatic carbocycles. The van der Waals surface area contributed by atoms with E-state index in [2.05, 4.69) is 26.4 Å². The van der Waals surface area contributed by atoms with Gasteiger partial charge in [0.25, 0.3) is 0 Å². The third kappa shape index (κ3) is 1.77. The minimum atomic E-state index is -0.541. The molecular formula is C11H14BrFN2O. The molecule has 3 nitrogen and oxygen atoms in total. The minimum Gasteiger partial charge on any atom is -0.298 e. The van der Waals surface area contributed by atoms with Crippen LogP contribution in [0.2, 0.25) is 0 Å². The molecular weight excluding hydrogens is 275 g/mol. The van der Waals surface area contributed by atoms with Crippen LogP contribution in [0.5, 0.6) is 0 Å². The highest BCUT2D eigenvalue weighted by Gasteiger charge is 2.45. The third-order valence-corrected chi connectivity index (χ3v) is 3.87. The predicted molar refractivity (Wildman–Crippen MR) is 62.1 cm³/mol. The number of halogens is 2. The van der Waals surface area contributed by atoms with Gasteiger partial charge < -0.3 is 0 Å². The number of hydrogen-bond donors (Lipinski definition) is 1. The van der Waals surface area contributed by atoms with Crippen molar-refractivity contribution in [2.75, 3.05) is 0 Å². The Labute approximate surface area is 102 Å². The van der Waals surface area contributed by atoms with Crippen LogP contribution in [-0.2, 0) is 10.4 Å². The molecule has 1 saturated heterocycles. The normalized spacial score (nSPS) is 34.3. The van der Waals surface area contributed by atoms with Crippen molar-refractivity contribution in [2.24, 2.45) is 5.92 Å². The van der Waals surface area contributed by atoms with E-state index in [0.717, 1.165) is 4.47 Å². The van der Waals surface area contributed by atoms with E-state index in [4.69, 9.17) is 4.84 Å². The summed E-state index contributed by atoms with van der Waals surface area (Å²) < 4.78 is 14.5.